The zero-order valence-electron chi connectivity index (χ0n) is 19.8. The molecule has 0 radical (unpaired) electrons. The average Bonchev–Trinajstić information content (AvgIpc) is 3.51. The summed E-state index contributed by atoms with van der Waals surface area (Å²) in [6.07, 6.45) is 5.69. The molecule has 0 atom stereocenters. The van der Waals surface area contributed by atoms with E-state index in [4.69, 9.17) is 9.15 Å². The minimum Gasteiger partial charge on any atom is -0.494 e. The van der Waals surface area contributed by atoms with Crippen LogP contribution in [0.2, 0.25) is 0 Å². The van der Waals surface area contributed by atoms with E-state index in [-0.39, 0.29) is 12.1 Å². The maximum absolute atomic E-state index is 13.1. The maximum Gasteiger partial charge on any atom is 0.331 e. The first-order valence-electron chi connectivity index (χ1n) is 11.7. The molecule has 5 rings (SSSR count). The van der Waals surface area contributed by atoms with Crippen molar-refractivity contribution in [3.63, 3.8) is 0 Å². The molecule has 1 aliphatic rings. The highest BCUT2D eigenvalue weighted by Gasteiger charge is 2.36. The molecule has 0 aliphatic carbocycles. The Bertz CT molecular complexity index is 1450. The molecule has 4 amide bonds. The van der Waals surface area contributed by atoms with Crippen molar-refractivity contribution in [1.82, 2.24) is 14.8 Å². The predicted octanol–water partition coefficient (Wildman–Crippen LogP) is 4.67. The molecular formula is C28H25N3O5. The van der Waals surface area contributed by atoms with Crippen LogP contribution in [0, 0.1) is 6.92 Å². The summed E-state index contributed by atoms with van der Waals surface area (Å²) in [7, 11) is 0. The topological polar surface area (TPSA) is 93.8 Å². The Labute approximate surface area is 207 Å². The minimum atomic E-state index is -0.769. The number of rotatable bonds is 8. The van der Waals surface area contributed by atoms with Crippen LogP contribution in [-0.4, -0.2) is 33.9 Å². The number of carbonyl (C=O) groups is 3. The van der Waals surface area contributed by atoms with Crippen LogP contribution in [0.5, 0.6) is 5.75 Å². The van der Waals surface area contributed by atoms with E-state index in [0.29, 0.717) is 18.9 Å². The summed E-state index contributed by atoms with van der Waals surface area (Å²) in [5.41, 5.74) is 2.77. The molecular weight excluding hydrogens is 458 g/mol. The lowest BCUT2D eigenvalue weighted by molar-refractivity contribution is -0.130. The molecule has 1 aliphatic heterocycles. The Kier molecular flexibility index (Phi) is 6.40. The van der Waals surface area contributed by atoms with Crippen molar-refractivity contribution in [3.8, 4) is 5.75 Å². The van der Waals surface area contributed by atoms with Gasteiger partial charge in [0.1, 0.15) is 17.1 Å². The number of nitrogens with one attached hydrogen (secondary N) is 1. The van der Waals surface area contributed by atoms with Gasteiger partial charge in [-0.2, -0.15) is 0 Å². The second kappa shape index (κ2) is 9.95. The van der Waals surface area contributed by atoms with E-state index in [9.17, 15) is 14.4 Å². The van der Waals surface area contributed by atoms with Gasteiger partial charge in [-0.05, 0) is 49.8 Å². The van der Waals surface area contributed by atoms with E-state index in [1.807, 2.05) is 61.7 Å². The molecule has 0 spiro atoms. The third-order valence-electron chi connectivity index (χ3n) is 6.03. The molecule has 1 fully saturated rings. The normalized spacial score (nSPS) is 15.1. The number of hydrogen-bond acceptors (Lipinski definition) is 5. The predicted molar refractivity (Wildman–Crippen MR) is 134 cm³/mol. The van der Waals surface area contributed by atoms with Crippen molar-refractivity contribution < 1.29 is 23.5 Å². The molecule has 1 saturated heterocycles. The smallest absolute Gasteiger partial charge is 0.331 e. The molecule has 4 aromatic rings. The third kappa shape index (κ3) is 4.79. The monoisotopic (exact) mass is 483 g/mol. The number of nitrogens with zero attached hydrogens (tertiary/aromatic N) is 2. The quantitative estimate of drug-likeness (QED) is 0.223. The van der Waals surface area contributed by atoms with Gasteiger partial charge in [0, 0.05) is 29.2 Å². The number of amides is 4. The van der Waals surface area contributed by atoms with Crippen LogP contribution in [0.3, 0.4) is 0 Å². The van der Waals surface area contributed by atoms with Gasteiger partial charge in [0.2, 0.25) is 0 Å². The first-order chi connectivity index (χ1) is 17.5. The van der Waals surface area contributed by atoms with Crippen LogP contribution in [0.15, 0.2) is 83.1 Å². The Morgan fingerprint density at radius 2 is 1.81 bits per heavy atom. The van der Waals surface area contributed by atoms with Crippen molar-refractivity contribution in [1.29, 1.82) is 0 Å². The summed E-state index contributed by atoms with van der Waals surface area (Å²) in [6.45, 7) is 3.22. The minimum absolute atomic E-state index is 0.0645. The number of imide groups is 2. The van der Waals surface area contributed by atoms with Crippen molar-refractivity contribution in [2.45, 2.75) is 26.4 Å². The Morgan fingerprint density at radius 1 is 1.00 bits per heavy atom. The van der Waals surface area contributed by atoms with E-state index in [1.54, 1.807) is 18.2 Å². The number of hydrogen-bond donors (Lipinski definition) is 1. The van der Waals surface area contributed by atoms with Gasteiger partial charge >= 0.3 is 6.03 Å². The molecule has 3 heterocycles. The highest BCUT2D eigenvalue weighted by molar-refractivity contribution is 6.31. The number of para-hydroxylation sites is 1. The number of barbiturate groups is 1. The zero-order chi connectivity index (χ0) is 25.1. The van der Waals surface area contributed by atoms with E-state index < -0.39 is 17.8 Å². The molecule has 0 unspecified atom stereocenters. The summed E-state index contributed by atoms with van der Waals surface area (Å²) < 4.78 is 13.2. The van der Waals surface area contributed by atoms with E-state index in [2.05, 4.69) is 9.88 Å². The van der Waals surface area contributed by atoms with Gasteiger partial charge in [0.25, 0.3) is 11.8 Å². The highest BCUT2D eigenvalue weighted by atomic mass is 16.5. The number of furan rings is 1. The van der Waals surface area contributed by atoms with Crippen molar-refractivity contribution in [3.05, 3.63) is 95.6 Å². The summed E-state index contributed by atoms with van der Waals surface area (Å²) >= 11 is 0. The first kappa shape index (κ1) is 23.2. The molecule has 36 heavy (non-hydrogen) atoms. The van der Waals surface area contributed by atoms with Crippen LogP contribution < -0.4 is 10.1 Å². The SMILES string of the molecule is Cc1ccc(OCCCn2cc(/C=C3/C(=O)NC(=O)N(Cc4ccco4)C3=O)c3ccccc32)cc1. The molecule has 2 aromatic heterocycles. The van der Waals surface area contributed by atoms with Crippen LogP contribution >= 0.6 is 0 Å². The number of urea groups is 1. The van der Waals surface area contributed by atoms with Crippen LogP contribution in [-0.2, 0) is 22.7 Å². The largest absolute Gasteiger partial charge is 0.494 e. The van der Waals surface area contributed by atoms with Crippen LogP contribution in [0.25, 0.3) is 17.0 Å². The Balaban J connectivity index is 1.36. The Hall–Kier alpha value is -4.59. The average molecular weight is 484 g/mol. The van der Waals surface area contributed by atoms with E-state index in [0.717, 1.165) is 33.5 Å². The Morgan fingerprint density at radius 3 is 2.58 bits per heavy atom. The lowest BCUT2D eigenvalue weighted by Gasteiger charge is -2.25. The lowest BCUT2D eigenvalue weighted by Crippen LogP contribution is -2.53. The van der Waals surface area contributed by atoms with Crippen molar-refractivity contribution in [2.75, 3.05) is 6.61 Å². The second-order valence-electron chi connectivity index (χ2n) is 8.60. The first-order valence-corrected chi connectivity index (χ1v) is 11.7. The van der Waals surface area contributed by atoms with Gasteiger partial charge in [-0.25, -0.2) is 4.79 Å². The fourth-order valence-electron chi connectivity index (χ4n) is 4.19. The third-order valence-corrected chi connectivity index (χ3v) is 6.03. The molecule has 0 saturated carbocycles. The number of benzene rings is 2. The lowest BCUT2D eigenvalue weighted by atomic mass is 10.1. The van der Waals surface area contributed by atoms with E-state index >= 15 is 0 Å². The summed E-state index contributed by atoms with van der Waals surface area (Å²) in [4.78, 5) is 39.0. The highest BCUT2D eigenvalue weighted by Crippen LogP contribution is 2.26. The van der Waals surface area contributed by atoms with Gasteiger partial charge in [-0.3, -0.25) is 19.8 Å². The van der Waals surface area contributed by atoms with Crippen molar-refractivity contribution in [2.24, 2.45) is 0 Å². The molecule has 8 heteroatoms. The van der Waals surface area contributed by atoms with Crippen LogP contribution in [0.1, 0.15) is 23.3 Å². The second-order valence-corrected chi connectivity index (χ2v) is 8.60. The number of aromatic nitrogens is 1. The van der Waals surface area contributed by atoms with Gasteiger partial charge < -0.3 is 13.7 Å². The summed E-state index contributed by atoms with van der Waals surface area (Å²) in [5.74, 6) is -0.108. The molecule has 182 valence electrons. The standard InChI is InChI=1S/C28H25N3O5/c1-19-9-11-21(12-10-19)35-15-5-13-30-17-20(23-7-2-3-8-25(23)30)16-24-26(32)29-28(34)31(27(24)33)18-22-6-4-14-36-22/h2-4,6-12,14,16-17H,5,13,15,18H2,1H3,(H,29,32,34)/b24-16-. The number of aryl methyl sites for hydroxylation is 2. The fraction of sp³-hybridized carbons (Fsp3) is 0.179. The van der Waals surface area contributed by atoms with Gasteiger partial charge in [0.15, 0.2) is 0 Å². The molecule has 0 bridgehead atoms. The van der Waals surface area contributed by atoms with Gasteiger partial charge in [0.05, 0.1) is 19.4 Å². The maximum atomic E-state index is 13.1. The summed E-state index contributed by atoms with van der Waals surface area (Å²) in [6, 6.07) is 18.3. The fourth-order valence-corrected chi connectivity index (χ4v) is 4.19. The molecule has 8 nitrogen and oxygen atoms in total. The molecule has 1 N–H and O–H groups in total. The summed E-state index contributed by atoms with van der Waals surface area (Å²) in [5, 5.41) is 3.15. The zero-order valence-corrected chi connectivity index (χ0v) is 19.8. The number of ether oxygens (including phenoxy) is 1. The van der Waals surface area contributed by atoms with Crippen molar-refractivity contribution >= 4 is 34.8 Å². The van der Waals surface area contributed by atoms with Gasteiger partial charge in [-0.15, -0.1) is 0 Å². The van der Waals surface area contributed by atoms with Crippen LogP contribution in [0.4, 0.5) is 4.79 Å². The van der Waals surface area contributed by atoms with E-state index in [1.165, 1.54) is 11.8 Å². The number of carbonyl (C=O) groups excluding carboxylic acids is 3. The molecule has 2 aromatic carbocycles. The number of fused-ring (bicyclic) bond motifs is 1. The van der Waals surface area contributed by atoms with Gasteiger partial charge in [-0.1, -0.05) is 35.9 Å².